The lowest BCUT2D eigenvalue weighted by atomic mass is 9.89. The Bertz CT molecular complexity index is 342. The molecule has 1 fully saturated rings. The van der Waals surface area contributed by atoms with E-state index in [-0.39, 0.29) is 0 Å². The van der Waals surface area contributed by atoms with Crippen molar-refractivity contribution in [2.24, 2.45) is 0 Å². The van der Waals surface area contributed by atoms with Crippen molar-refractivity contribution in [2.45, 2.75) is 18.8 Å². The summed E-state index contributed by atoms with van der Waals surface area (Å²) in [6, 6.07) is 8.27. The third-order valence-electron chi connectivity index (χ3n) is 2.85. The van der Waals surface area contributed by atoms with Gasteiger partial charge in [-0.15, -0.1) is 6.42 Å². The molecule has 0 amide bonds. The van der Waals surface area contributed by atoms with Crippen molar-refractivity contribution in [2.75, 3.05) is 13.1 Å². The van der Waals surface area contributed by atoms with Gasteiger partial charge >= 0.3 is 0 Å². The summed E-state index contributed by atoms with van der Waals surface area (Å²) < 4.78 is 0. The molecule has 72 valence electrons. The van der Waals surface area contributed by atoms with E-state index in [1.165, 1.54) is 18.4 Å². The van der Waals surface area contributed by atoms with E-state index in [0.29, 0.717) is 5.92 Å². The highest BCUT2D eigenvalue weighted by Crippen LogP contribution is 2.25. The number of hydrogen-bond acceptors (Lipinski definition) is 1. The second-order valence-electron chi connectivity index (χ2n) is 3.77. The van der Waals surface area contributed by atoms with E-state index in [4.69, 9.17) is 6.42 Å². The molecule has 0 radical (unpaired) electrons. The van der Waals surface area contributed by atoms with Crippen molar-refractivity contribution in [3.05, 3.63) is 35.4 Å². The Morgan fingerprint density at radius 1 is 1.36 bits per heavy atom. The van der Waals surface area contributed by atoms with Gasteiger partial charge in [-0.25, -0.2) is 0 Å². The molecule has 14 heavy (non-hydrogen) atoms. The molecule has 0 aromatic heterocycles. The van der Waals surface area contributed by atoms with Crippen LogP contribution in [0.25, 0.3) is 0 Å². The fraction of sp³-hybridized carbons (Fsp3) is 0.385. The van der Waals surface area contributed by atoms with Crippen LogP contribution in [0, 0.1) is 12.3 Å². The Kier molecular flexibility index (Phi) is 2.86. The van der Waals surface area contributed by atoms with E-state index in [2.05, 4.69) is 23.4 Å². The zero-order chi connectivity index (χ0) is 9.80. The Morgan fingerprint density at radius 3 is 2.93 bits per heavy atom. The molecular weight excluding hydrogens is 170 g/mol. The van der Waals surface area contributed by atoms with Gasteiger partial charge in [0.2, 0.25) is 0 Å². The van der Waals surface area contributed by atoms with Gasteiger partial charge in [0.1, 0.15) is 0 Å². The quantitative estimate of drug-likeness (QED) is 0.661. The highest BCUT2D eigenvalue weighted by molar-refractivity contribution is 5.42. The predicted octanol–water partition coefficient (Wildman–Crippen LogP) is 2.13. The monoisotopic (exact) mass is 185 g/mol. The first-order valence-corrected chi connectivity index (χ1v) is 5.18. The molecule has 1 aromatic carbocycles. The third kappa shape index (κ3) is 1.81. The van der Waals surface area contributed by atoms with E-state index < -0.39 is 0 Å². The van der Waals surface area contributed by atoms with Gasteiger partial charge in [0, 0.05) is 12.1 Å². The van der Waals surface area contributed by atoms with Crippen LogP contribution in [0.3, 0.4) is 0 Å². The van der Waals surface area contributed by atoms with Crippen LogP contribution in [0.5, 0.6) is 0 Å². The first-order valence-electron chi connectivity index (χ1n) is 5.18. The normalized spacial score (nSPS) is 21.5. The molecule has 1 heteroatoms. The maximum Gasteiger partial charge on any atom is 0.0277 e. The minimum atomic E-state index is 0.607. The Labute approximate surface area is 85.5 Å². The summed E-state index contributed by atoms with van der Waals surface area (Å²) in [5.41, 5.74) is 2.39. The van der Waals surface area contributed by atoms with Gasteiger partial charge in [-0.05, 0) is 36.9 Å². The van der Waals surface area contributed by atoms with Crippen molar-refractivity contribution in [3.63, 3.8) is 0 Å². The number of terminal acetylenes is 1. The van der Waals surface area contributed by atoms with Crippen LogP contribution in [-0.4, -0.2) is 13.1 Å². The number of piperidine rings is 1. The van der Waals surface area contributed by atoms with Crippen LogP contribution in [0.15, 0.2) is 24.3 Å². The average molecular weight is 185 g/mol. The Morgan fingerprint density at radius 2 is 2.21 bits per heavy atom. The summed E-state index contributed by atoms with van der Waals surface area (Å²) in [7, 11) is 0. The topological polar surface area (TPSA) is 12.0 Å². The Balaban J connectivity index is 2.26. The minimum absolute atomic E-state index is 0.607. The molecule has 1 atom stereocenters. The number of nitrogens with one attached hydrogen (secondary N) is 1. The molecule has 1 unspecified atom stereocenters. The highest BCUT2D eigenvalue weighted by atomic mass is 14.9. The molecule has 0 bridgehead atoms. The van der Waals surface area contributed by atoms with Crippen molar-refractivity contribution < 1.29 is 0 Å². The van der Waals surface area contributed by atoms with E-state index in [1.54, 1.807) is 0 Å². The van der Waals surface area contributed by atoms with Gasteiger partial charge in [-0.2, -0.15) is 0 Å². The second-order valence-corrected chi connectivity index (χ2v) is 3.77. The largest absolute Gasteiger partial charge is 0.316 e. The molecule has 1 N–H and O–H groups in total. The van der Waals surface area contributed by atoms with E-state index in [0.717, 1.165) is 18.7 Å². The standard InChI is InChI=1S/C13H15N/c1-2-11-6-3-4-8-13(11)12-7-5-9-14-10-12/h1,3-4,6,8,12,14H,5,7,9-10H2. The van der Waals surface area contributed by atoms with Gasteiger partial charge in [0.25, 0.3) is 0 Å². The van der Waals surface area contributed by atoms with Gasteiger partial charge in [-0.3, -0.25) is 0 Å². The molecule has 1 aliphatic rings. The summed E-state index contributed by atoms with van der Waals surface area (Å²) in [4.78, 5) is 0. The third-order valence-corrected chi connectivity index (χ3v) is 2.85. The van der Waals surface area contributed by atoms with Crippen LogP contribution < -0.4 is 5.32 Å². The summed E-state index contributed by atoms with van der Waals surface area (Å²) in [6.45, 7) is 2.22. The first kappa shape index (κ1) is 9.30. The van der Waals surface area contributed by atoms with Crippen molar-refractivity contribution in [1.82, 2.24) is 5.32 Å². The fourth-order valence-corrected chi connectivity index (χ4v) is 2.10. The zero-order valence-corrected chi connectivity index (χ0v) is 8.29. The van der Waals surface area contributed by atoms with Crippen LogP contribution in [-0.2, 0) is 0 Å². The smallest absolute Gasteiger partial charge is 0.0277 e. The highest BCUT2D eigenvalue weighted by Gasteiger charge is 2.16. The number of rotatable bonds is 1. The molecular formula is C13H15N. The lowest BCUT2D eigenvalue weighted by Crippen LogP contribution is -2.28. The SMILES string of the molecule is C#Cc1ccccc1C1CCCNC1. The van der Waals surface area contributed by atoms with Crippen LogP contribution in [0.1, 0.15) is 29.9 Å². The van der Waals surface area contributed by atoms with Gasteiger partial charge in [0.05, 0.1) is 0 Å². The van der Waals surface area contributed by atoms with E-state index in [9.17, 15) is 0 Å². The molecule has 0 saturated carbocycles. The number of benzene rings is 1. The van der Waals surface area contributed by atoms with Crippen molar-refractivity contribution >= 4 is 0 Å². The second kappa shape index (κ2) is 4.30. The maximum absolute atomic E-state index is 5.49. The Hall–Kier alpha value is -1.26. The summed E-state index contributed by atoms with van der Waals surface area (Å²) in [6.07, 6.45) is 8.00. The van der Waals surface area contributed by atoms with Crippen LogP contribution in [0.2, 0.25) is 0 Å². The average Bonchev–Trinajstić information content (AvgIpc) is 2.30. The molecule has 1 heterocycles. The fourth-order valence-electron chi connectivity index (χ4n) is 2.10. The summed E-state index contributed by atoms with van der Waals surface area (Å²) in [5.74, 6) is 3.37. The van der Waals surface area contributed by atoms with Gasteiger partial charge in [0.15, 0.2) is 0 Å². The van der Waals surface area contributed by atoms with E-state index >= 15 is 0 Å². The van der Waals surface area contributed by atoms with Gasteiger partial charge in [-0.1, -0.05) is 24.1 Å². The van der Waals surface area contributed by atoms with Crippen LogP contribution in [0.4, 0.5) is 0 Å². The lowest BCUT2D eigenvalue weighted by Gasteiger charge is -2.24. The predicted molar refractivity (Wildman–Crippen MR) is 59.2 cm³/mol. The molecule has 2 rings (SSSR count). The van der Waals surface area contributed by atoms with E-state index in [1.807, 2.05) is 12.1 Å². The lowest BCUT2D eigenvalue weighted by molar-refractivity contribution is 0.461. The molecule has 0 aliphatic carbocycles. The molecule has 1 aliphatic heterocycles. The summed E-state index contributed by atoms with van der Waals surface area (Å²) in [5, 5.41) is 3.42. The van der Waals surface area contributed by atoms with Gasteiger partial charge < -0.3 is 5.32 Å². The molecule has 1 saturated heterocycles. The molecule has 0 spiro atoms. The van der Waals surface area contributed by atoms with Crippen molar-refractivity contribution in [3.8, 4) is 12.3 Å². The number of hydrogen-bond donors (Lipinski definition) is 1. The minimum Gasteiger partial charge on any atom is -0.316 e. The maximum atomic E-state index is 5.49. The summed E-state index contributed by atoms with van der Waals surface area (Å²) >= 11 is 0. The molecule has 1 aromatic rings. The van der Waals surface area contributed by atoms with Crippen LogP contribution >= 0.6 is 0 Å². The first-order chi connectivity index (χ1) is 6.92. The zero-order valence-electron chi connectivity index (χ0n) is 8.29. The van der Waals surface area contributed by atoms with Crippen molar-refractivity contribution in [1.29, 1.82) is 0 Å². The molecule has 1 nitrogen and oxygen atoms in total.